The molecule has 0 atom stereocenters. The van der Waals surface area contributed by atoms with Gasteiger partial charge in [-0.25, -0.2) is 4.98 Å². The summed E-state index contributed by atoms with van der Waals surface area (Å²) in [4.78, 5) is 16.5. The van der Waals surface area contributed by atoms with Crippen molar-refractivity contribution in [1.82, 2.24) is 10.3 Å². The second kappa shape index (κ2) is 5.75. The lowest BCUT2D eigenvalue weighted by Crippen LogP contribution is -2.41. The van der Waals surface area contributed by atoms with Crippen LogP contribution < -0.4 is 5.32 Å². The Morgan fingerprint density at radius 3 is 2.58 bits per heavy atom. The number of hydrogen-bond acceptors (Lipinski definition) is 4. The minimum Gasteiger partial charge on any atom is -0.342 e. The van der Waals surface area contributed by atoms with Gasteiger partial charge in [0.05, 0.1) is 5.54 Å². The molecule has 0 unspecified atom stereocenters. The average molecular weight is 292 g/mol. The molecule has 1 amide bonds. The fourth-order valence-electron chi connectivity index (χ4n) is 1.73. The molecule has 0 bridgehead atoms. The Labute approximate surface area is 121 Å². The van der Waals surface area contributed by atoms with E-state index in [1.54, 1.807) is 17.1 Å². The van der Waals surface area contributed by atoms with E-state index in [-0.39, 0.29) is 5.91 Å². The highest BCUT2D eigenvalue weighted by Crippen LogP contribution is 2.22. The van der Waals surface area contributed by atoms with E-state index < -0.39 is 5.54 Å². The summed E-state index contributed by atoms with van der Waals surface area (Å²) in [5.74, 6) is -0.134. The lowest BCUT2D eigenvalue weighted by atomic mass is 9.94. The van der Waals surface area contributed by atoms with E-state index in [1.807, 2.05) is 50.4 Å². The van der Waals surface area contributed by atoms with Crippen molar-refractivity contribution in [3.05, 3.63) is 47.0 Å². The summed E-state index contributed by atoms with van der Waals surface area (Å²) in [6, 6.07) is 9.92. The maximum atomic E-state index is 12.2. The highest BCUT2D eigenvalue weighted by molar-refractivity contribution is 8.00. The van der Waals surface area contributed by atoms with Crippen LogP contribution >= 0.6 is 23.1 Å². The molecule has 0 saturated carbocycles. The molecule has 0 aliphatic heterocycles. The van der Waals surface area contributed by atoms with Crippen molar-refractivity contribution in [2.75, 3.05) is 6.26 Å². The molecule has 1 heterocycles. The summed E-state index contributed by atoms with van der Waals surface area (Å²) in [6.07, 6.45) is 1.95. The maximum absolute atomic E-state index is 12.2. The minimum atomic E-state index is -0.415. The van der Waals surface area contributed by atoms with Gasteiger partial charge in [0.15, 0.2) is 0 Å². The number of thioether (sulfide) groups is 1. The lowest BCUT2D eigenvalue weighted by Gasteiger charge is -2.26. The van der Waals surface area contributed by atoms with Gasteiger partial charge in [-0.3, -0.25) is 4.79 Å². The summed E-state index contributed by atoms with van der Waals surface area (Å²) < 4.78 is 0.905. The van der Waals surface area contributed by atoms with Gasteiger partial charge in [-0.05, 0) is 25.7 Å². The van der Waals surface area contributed by atoms with Gasteiger partial charge in [0, 0.05) is 5.38 Å². The fourth-order valence-corrected chi connectivity index (χ4v) is 2.97. The van der Waals surface area contributed by atoms with E-state index in [2.05, 4.69) is 10.3 Å². The second-order valence-corrected chi connectivity index (χ2v) is 6.56. The van der Waals surface area contributed by atoms with E-state index >= 15 is 0 Å². The monoisotopic (exact) mass is 292 g/mol. The summed E-state index contributed by atoms with van der Waals surface area (Å²) in [6.45, 7) is 3.98. The van der Waals surface area contributed by atoms with Crippen LogP contribution in [0, 0.1) is 0 Å². The highest BCUT2D eigenvalue weighted by atomic mass is 32.2. The number of carbonyl (C=O) groups excluding carboxylic acids is 1. The van der Waals surface area contributed by atoms with Gasteiger partial charge < -0.3 is 5.32 Å². The van der Waals surface area contributed by atoms with Crippen LogP contribution in [0.15, 0.2) is 40.1 Å². The third-order valence-electron chi connectivity index (χ3n) is 2.81. The Morgan fingerprint density at radius 1 is 1.32 bits per heavy atom. The minimum absolute atomic E-state index is 0.134. The summed E-state index contributed by atoms with van der Waals surface area (Å²) in [5, 5.41) is 4.82. The van der Waals surface area contributed by atoms with Crippen LogP contribution in [0.3, 0.4) is 0 Å². The number of carbonyl (C=O) groups is 1. The topological polar surface area (TPSA) is 42.0 Å². The smallest absolute Gasteiger partial charge is 0.271 e. The largest absolute Gasteiger partial charge is 0.342 e. The predicted octanol–water partition coefficient (Wildman–Crippen LogP) is 3.53. The molecule has 1 N–H and O–H groups in total. The zero-order chi connectivity index (χ0) is 13.9. The number of thiazole rings is 1. The number of nitrogens with one attached hydrogen (secondary N) is 1. The molecule has 5 heteroatoms. The molecule has 2 rings (SSSR count). The van der Waals surface area contributed by atoms with E-state index in [9.17, 15) is 4.79 Å². The number of aromatic nitrogens is 1. The van der Waals surface area contributed by atoms with Crippen molar-refractivity contribution in [2.45, 2.75) is 23.7 Å². The molecular weight excluding hydrogens is 276 g/mol. The van der Waals surface area contributed by atoms with Gasteiger partial charge >= 0.3 is 0 Å². The van der Waals surface area contributed by atoms with Crippen molar-refractivity contribution in [1.29, 1.82) is 0 Å². The SMILES string of the molecule is CSc1nc(C(=O)NC(C)(C)c2ccccc2)cs1. The number of amides is 1. The molecule has 0 radical (unpaired) electrons. The van der Waals surface area contributed by atoms with E-state index in [1.165, 1.54) is 11.3 Å². The molecule has 2 aromatic rings. The standard InChI is InChI=1S/C14H16N2OS2/c1-14(2,10-7-5-4-6-8-10)16-12(17)11-9-19-13(15-11)18-3/h4-9H,1-3H3,(H,16,17). The molecule has 19 heavy (non-hydrogen) atoms. The van der Waals surface area contributed by atoms with Crippen LogP contribution in [0.4, 0.5) is 0 Å². The average Bonchev–Trinajstić information content (AvgIpc) is 2.88. The Hall–Kier alpha value is -1.33. The quantitative estimate of drug-likeness (QED) is 0.877. The third kappa shape index (κ3) is 3.36. The molecule has 0 spiro atoms. The third-order valence-corrected chi connectivity index (χ3v) is 4.68. The number of rotatable bonds is 4. The number of hydrogen-bond donors (Lipinski definition) is 1. The zero-order valence-corrected chi connectivity index (χ0v) is 12.8. The number of benzene rings is 1. The molecular formula is C14H16N2OS2. The Morgan fingerprint density at radius 2 is 2.00 bits per heavy atom. The van der Waals surface area contributed by atoms with Gasteiger partial charge in [-0.1, -0.05) is 42.1 Å². The van der Waals surface area contributed by atoms with Crippen molar-refractivity contribution in [2.24, 2.45) is 0 Å². The molecule has 1 aromatic heterocycles. The summed E-state index contributed by atoms with van der Waals surface area (Å²) in [5.41, 5.74) is 1.14. The molecule has 1 aromatic carbocycles. The van der Waals surface area contributed by atoms with Gasteiger partial charge in [0.2, 0.25) is 0 Å². The first kappa shape index (κ1) is 14.1. The van der Waals surface area contributed by atoms with Gasteiger partial charge in [-0.15, -0.1) is 11.3 Å². The first-order chi connectivity index (χ1) is 9.03. The molecule has 0 saturated heterocycles. The zero-order valence-electron chi connectivity index (χ0n) is 11.1. The van der Waals surface area contributed by atoms with Crippen molar-refractivity contribution >= 4 is 29.0 Å². The van der Waals surface area contributed by atoms with Gasteiger partial charge in [-0.2, -0.15) is 0 Å². The number of nitrogens with zero attached hydrogens (tertiary/aromatic N) is 1. The maximum Gasteiger partial charge on any atom is 0.271 e. The summed E-state index contributed by atoms with van der Waals surface area (Å²) >= 11 is 3.04. The Kier molecular flexibility index (Phi) is 4.27. The molecule has 3 nitrogen and oxygen atoms in total. The van der Waals surface area contributed by atoms with Crippen molar-refractivity contribution < 1.29 is 4.79 Å². The van der Waals surface area contributed by atoms with Crippen LogP contribution in [-0.4, -0.2) is 17.1 Å². The first-order valence-corrected chi connectivity index (χ1v) is 8.01. The highest BCUT2D eigenvalue weighted by Gasteiger charge is 2.24. The van der Waals surface area contributed by atoms with Gasteiger partial charge in [0.25, 0.3) is 5.91 Å². The van der Waals surface area contributed by atoms with E-state index in [0.29, 0.717) is 5.69 Å². The second-order valence-electron chi connectivity index (χ2n) is 4.65. The molecule has 100 valence electrons. The first-order valence-electron chi connectivity index (χ1n) is 5.90. The lowest BCUT2D eigenvalue weighted by molar-refractivity contribution is 0.0907. The van der Waals surface area contributed by atoms with Crippen LogP contribution in [0.5, 0.6) is 0 Å². The molecule has 0 fully saturated rings. The Balaban J connectivity index is 2.14. The van der Waals surface area contributed by atoms with Crippen LogP contribution in [0.1, 0.15) is 29.9 Å². The fraction of sp³-hybridized carbons (Fsp3) is 0.286. The van der Waals surface area contributed by atoms with Crippen LogP contribution in [0.25, 0.3) is 0 Å². The predicted molar refractivity (Wildman–Crippen MR) is 80.8 cm³/mol. The van der Waals surface area contributed by atoms with E-state index in [4.69, 9.17) is 0 Å². The molecule has 0 aliphatic rings. The summed E-state index contributed by atoms with van der Waals surface area (Å²) in [7, 11) is 0. The van der Waals surface area contributed by atoms with Gasteiger partial charge in [0.1, 0.15) is 10.0 Å². The van der Waals surface area contributed by atoms with Crippen molar-refractivity contribution in [3.63, 3.8) is 0 Å². The van der Waals surface area contributed by atoms with Crippen molar-refractivity contribution in [3.8, 4) is 0 Å². The normalized spacial score (nSPS) is 11.3. The molecule has 0 aliphatic carbocycles. The Bertz CT molecular complexity index is 564. The van der Waals surface area contributed by atoms with E-state index in [0.717, 1.165) is 9.90 Å². The van der Waals surface area contributed by atoms with Crippen LogP contribution in [-0.2, 0) is 5.54 Å². The van der Waals surface area contributed by atoms with Crippen LogP contribution in [0.2, 0.25) is 0 Å².